The molecule has 4 nitrogen and oxygen atoms in total. The molecule has 0 saturated carbocycles. The lowest BCUT2D eigenvalue weighted by molar-refractivity contribution is 0.0929. The van der Waals surface area contributed by atoms with Gasteiger partial charge in [-0.15, -0.1) is 0 Å². The van der Waals surface area contributed by atoms with Crippen LogP contribution in [-0.2, 0) is 6.54 Å². The highest BCUT2D eigenvalue weighted by Gasteiger charge is 2.25. The smallest absolute Gasteiger partial charge is 0.268 e. The predicted molar refractivity (Wildman–Crippen MR) is 85.4 cm³/mol. The zero-order chi connectivity index (χ0) is 14.9. The van der Waals surface area contributed by atoms with Crippen LogP contribution in [0.1, 0.15) is 10.5 Å². The zero-order valence-electron chi connectivity index (χ0n) is 12.0. The minimum atomic E-state index is -0.00888. The second kappa shape index (κ2) is 5.15. The number of rotatable bonds is 2. The van der Waals surface area contributed by atoms with Crippen LogP contribution in [0.15, 0.2) is 61.1 Å². The number of aromatic nitrogens is 2. The van der Waals surface area contributed by atoms with Gasteiger partial charge in [-0.2, -0.15) is 0 Å². The lowest BCUT2D eigenvalue weighted by Crippen LogP contribution is -2.35. The molecule has 0 spiro atoms. The van der Waals surface area contributed by atoms with Crippen molar-refractivity contribution in [1.82, 2.24) is 14.9 Å². The molecule has 0 bridgehead atoms. The Morgan fingerprint density at radius 3 is 2.55 bits per heavy atom. The second-order valence-corrected chi connectivity index (χ2v) is 5.32. The zero-order valence-corrected chi connectivity index (χ0v) is 12.0. The average Bonchev–Trinajstić information content (AvgIpc) is 2.97. The molecule has 4 rings (SSSR count). The maximum Gasteiger partial charge on any atom is 0.268 e. The normalized spacial score (nSPS) is 13.5. The first-order chi connectivity index (χ1) is 10.8. The summed E-state index contributed by atoms with van der Waals surface area (Å²) in [5.74, 6) is -0.00888. The molecule has 1 N–H and O–H groups in total. The number of amides is 1. The van der Waals surface area contributed by atoms with Gasteiger partial charge in [0.2, 0.25) is 0 Å². The van der Waals surface area contributed by atoms with Crippen LogP contribution in [0.2, 0.25) is 0 Å². The highest BCUT2D eigenvalue weighted by atomic mass is 16.2. The summed E-state index contributed by atoms with van der Waals surface area (Å²) in [4.78, 5) is 16.5. The Kier molecular flexibility index (Phi) is 3.00. The molecule has 108 valence electrons. The van der Waals surface area contributed by atoms with E-state index in [1.807, 2.05) is 42.5 Å². The van der Waals surface area contributed by atoms with Gasteiger partial charge in [-0.1, -0.05) is 30.3 Å². The van der Waals surface area contributed by atoms with Gasteiger partial charge in [0.15, 0.2) is 0 Å². The van der Waals surface area contributed by atoms with Gasteiger partial charge < -0.3 is 9.88 Å². The molecule has 2 aromatic heterocycles. The van der Waals surface area contributed by atoms with Crippen LogP contribution < -0.4 is 5.32 Å². The largest absolute Gasteiger partial charge is 0.349 e. The van der Waals surface area contributed by atoms with E-state index in [0.29, 0.717) is 6.54 Å². The molecule has 1 aliphatic heterocycles. The van der Waals surface area contributed by atoms with Gasteiger partial charge in [0.05, 0.1) is 0 Å². The van der Waals surface area contributed by atoms with Gasteiger partial charge >= 0.3 is 0 Å². The third-order valence-corrected chi connectivity index (χ3v) is 3.99. The Labute approximate surface area is 128 Å². The molecule has 3 aromatic rings. The standard InChI is InChI=1S/C18H15N3O/c22-18-17-16(14-4-2-1-3-5-14)15(12-21(17)11-10-20-18)13-6-8-19-9-7-13/h1-9,12H,10-11H2,(H,20,22). The van der Waals surface area contributed by atoms with Crippen molar-refractivity contribution in [1.29, 1.82) is 0 Å². The number of carbonyl (C=O) groups is 1. The summed E-state index contributed by atoms with van der Waals surface area (Å²) >= 11 is 0. The average molecular weight is 289 g/mol. The topological polar surface area (TPSA) is 46.9 Å². The fourth-order valence-electron chi connectivity index (χ4n) is 3.00. The van der Waals surface area contributed by atoms with Crippen LogP contribution in [0.3, 0.4) is 0 Å². The van der Waals surface area contributed by atoms with Gasteiger partial charge in [-0.3, -0.25) is 9.78 Å². The highest BCUT2D eigenvalue weighted by molar-refractivity contribution is 6.04. The first-order valence-corrected chi connectivity index (χ1v) is 7.32. The van der Waals surface area contributed by atoms with Crippen molar-refractivity contribution in [3.63, 3.8) is 0 Å². The van der Waals surface area contributed by atoms with Crippen molar-refractivity contribution in [3.05, 3.63) is 66.7 Å². The predicted octanol–water partition coefficient (Wildman–Crippen LogP) is 2.96. The summed E-state index contributed by atoms with van der Waals surface area (Å²) in [7, 11) is 0. The minimum absolute atomic E-state index is 0.00888. The van der Waals surface area contributed by atoms with Gasteiger partial charge in [0, 0.05) is 42.8 Å². The third-order valence-electron chi connectivity index (χ3n) is 3.99. The molecule has 3 heterocycles. The quantitative estimate of drug-likeness (QED) is 0.788. The van der Waals surface area contributed by atoms with Crippen LogP contribution in [0, 0.1) is 0 Å². The third kappa shape index (κ3) is 2.00. The lowest BCUT2D eigenvalue weighted by Gasteiger charge is -2.17. The number of hydrogen-bond acceptors (Lipinski definition) is 2. The van der Waals surface area contributed by atoms with Gasteiger partial charge in [-0.25, -0.2) is 0 Å². The van der Waals surface area contributed by atoms with Gasteiger partial charge in [0.1, 0.15) is 5.69 Å². The van der Waals surface area contributed by atoms with E-state index >= 15 is 0 Å². The summed E-state index contributed by atoms with van der Waals surface area (Å²) in [6.45, 7) is 1.47. The van der Waals surface area contributed by atoms with Crippen LogP contribution in [0.4, 0.5) is 0 Å². The molecule has 22 heavy (non-hydrogen) atoms. The summed E-state index contributed by atoms with van der Waals surface area (Å²) in [5, 5.41) is 2.94. The van der Waals surface area contributed by atoms with Crippen molar-refractivity contribution in [2.45, 2.75) is 6.54 Å². The molecule has 1 amide bonds. The monoisotopic (exact) mass is 289 g/mol. The molecule has 4 heteroatoms. The number of pyridine rings is 1. The van der Waals surface area contributed by atoms with Gasteiger partial charge in [-0.05, 0) is 23.3 Å². The minimum Gasteiger partial charge on any atom is -0.349 e. The lowest BCUT2D eigenvalue weighted by atomic mass is 9.97. The van der Waals surface area contributed by atoms with E-state index in [4.69, 9.17) is 0 Å². The summed E-state index contributed by atoms with van der Waals surface area (Å²) in [6, 6.07) is 14.0. The van der Waals surface area contributed by atoms with E-state index < -0.39 is 0 Å². The molecule has 0 aliphatic carbocycles. The number of hydrogen-bond donors (Lipinski definition) is 1. The molecule has 0 atom stereocenters. The number of nitrogens with one attached hydrogen (secondary N) is 1. The Hall–Kier alpha value is -2.88. The van der Waals surface area contributed by atoms with Gasteiger partial charge in [0.25, 0.3) is 5.91 Å². The number of nitrogens with zero attached hydrogens (tertiary/aromatic N) is 2. The van der Waals surface area contributed by atoms with Crippen LogP contribution in [0.5, 0.6) is 0 Å². The molecule has 0 fully saturated rings. The second-order valence-electron chi connectivity index (χ2n) is 5.32. The van der Waals surface area contributed by atoms with Crippen molar-refractivity contribution in [2.24, 2.45) is 0 Å². The van der Waals surface area contributed by atoms with Crippen LogP contribution in [0.25, 0.3) is 22.3 Å². The molecule has 1 aromatic carbocycles. The molecular weight excluding hydrogens is 274 g/mol. The molecule has 0 saturated heterocycles. The summed E-state index contributed by atoms with van der Waals surface area (Å²) in [5.41, 5.74) is 4.93. The fourth-order valence-corrected chi connectivity index (χ4v) is 3.00. The number of benzene rings is 1. The Balaban J connectivity index is 2.01. The van der Waals surface area contributed by atoms with Crippen molar-refractivity contribution in [2.75, 3.05) is 6.54 Å². The van der Waals surface area contributed by atoms with Crippen molar-refractivity contribution >= 4 is 5.91 Å². The molecule has 0 unspecified atom stereocenters. The van der Waals surface area contributed by atoms with Crippen LogP contribution >= 0.6 is 0 Å². The SMILES string of the molecule is O=C1NCCn2cc(-c3ccncc3)c(-c3ccccc3)c21. The molecular formula is C18H15N3O. The summed E-state index contributed by atoms with van der Waals surface area (Å²) in [6.07, 6.45) is 5.63. The summed E-state index contributed by atoms with van der Waals surface area (Å²) < 4.78 is 2.05. The first kappa shape index (κ1) is 12.8. The Morgan fingerprint density at radius 1 is 1.00 bits per heavy atom. The molecule has 0 radical (unpaired) electrons. The van der Waals surface area contributed by atoms with Crippen molar-refractivity contribution in [3.8, 4) is 22.3 Å². The van der Waals surface area contributed by atoms with E-state index in [1.54, 1.807) is 12.4 Å². The highest BCUT2D eigenvalue weighted by Crippen LogP contribution is 2.37. The van der Waals surface area contributed by atoms with E-state index in [9.17, 15) is 4.79 Å². The Morgan fingerprint density at radius 2 is 1.77 bits per heavy atom. The van der Waals surface area contributed by atoms with E-state index in [2.05, 4.69) is 21.1 Å². The van der Waals surface area contributed by atoms with E-state index in [-0.39, 0.29) is 5.91 Å². The number of fused-ring (bicyclic) bond motifs is 1. The fraction of sp³-hybridized carbons (Fsp3) is 0.111. The van der Waals surface area contributed by atoms with E-state index in [1.165, 1.54) is 0 Å². The van der Waals surface area contributed by atoms with Crippen molar-refractivity contribution < 1.29 is 4.79 Å². The molecule has 1 aliphatic rings. The Bertz CT molecular complexity index is 822. The maximum atomic E-state index is 12.4. The van der Waals surface area contributed by atoms with Crippen LogP contribution in [-0.4, -0.2) is 22.0 Å². The first-order valence-electron chi connectivity index (χ1n) is 7.32. The number of carbonyl (C=O) groups excluding carboxylic acids is 1. The maximum absolute atomic E-state index is 12.4. The van der Waals surface area contributed by atoms with E-state index in [0.717, 1.165) is 34.5 Å².